The van der Waals surface area contributed by atoms with Crippen LogP contribution in [0.4, 0.5) is 0 Å². The van der Waals surface area contributed by atoms with Gasteiger partial charge >= 0.3 is 0 Å². The summed E-state index contributed by atoms with van der Waals surface area (Å²) in [6.07, 6.45) is 0. The van der Waals surface area contributed by atoms with Gasteiger partial charge in [-0.15, -0.1) is 11.6 Å². The number of aromatic hydroxyl groups is 2. The van der Waals surface area contributed by atoms with Crippen LogP contribution in [0.25, 0.3) is 0 Å². The molecule has 0 aromatic heterocycles. The number of hydrogen-bond donors (Lipinski definition) is 2. The molecule has 2 N–H and O–H groups in total. The molecular formula is C18H20ClNO2. The van der Waals surface area contributed by atoms with Crippen LogP contribution >= 0.6 is 11.6 Å². The summed E-state index contributed by atoms with van der Waals surface area (Å²) in [6.45, 7) is 2.52. The molecule has 0 saturated carbocycles. The van der Waals surface area contributed by atoms with Crippen molar-refractivity contribution < 1.29 is 10.2 Å². The molecule has 0 aliphatic carbocycles. The van der Waals surface area contributed by atoms with Crippen molar-refractivity contribution in [3.8, 4) is 11.5 Å². The van der Waals surface area contributed by atoms with Crippen LogP contribution in [-0.2, 0) is 6.54 Å². The summed E-state index contributed by atoms with van der Waals surface area (Å²) < 4.78 is 0. The van der Waals surface area contributed by atoms with E-state index >= 15 is 0 Å². The molecular weight excluding hydrogens is 298 g/mol. The molecule has 0 unspecified atom stereocenters. The fourth-order valence-corrected chi connectivity index (χ4v) is 3.65. The minimum atomic E-state index is 0.0578. The Morgan fingerprint density at radius 2 is 1.64 bits per heavy atom. The molecule has 22 heavy (non-hydrogen) atoms. The van der Waals surface area contributed by atoms with Crippen molar-refractivity contribution in [3.05, 3.63) is 59.7 Å². The maximum Gasteiger partial charge on any atom is 0.122 e. The lowest BCUT2D eigenvalue weighted by atomic mass is 9.89. The number of hydrogen-bond acceptors (Lipinski definition) is 3. The Morgan fingerprint density at radius 1 is 0.955 bits per heavy atom. The summed E-state index contributed by atoms with van der Waals surface area (Å²) in [6, 6.07) is 15.2. The van der Waals surface area contributed by atoms with Gasteiger partial charge < -0.3 is 10.2 Å². The first-order valence-corrected chi connectivity index (χ1v) is 8.05. The van der Waals surface area contributed by atoms with Crippen molar-refractivity contribution >= 4 is 11.6 Å². The van der Waals surface area contributed by atoms with E-state index < -0.39 is 0 Å². The van der Waals surface area contributed by atoms with E-state index in [1.54, 1.807) is 18.2 Å². The van der Waals surface area contributed by atoms with Crippen LogP contribution in [0.3, 0.4) is 0 Å². The summed E-state index contributed by atoms with van der Waals surface area (Å²) in [5, 5.41) is 20.2. The first-order chi connectivity index (χ1) is 10.7. The molecule has 116 valence electrons. The number of alkyl halides is 1. The Kier molecular flexibility index (Phi) is 4.55. The van der Waals surface area contributed by atoms with Gasteiger partial charge in [-0.1, -0.05) is 36.4 Å². The van der Waals surface area contributed by atoms with Gasteiger partial charge in [0.1, 0.15) is 11.5 Å². The van der Waals surface area contributed by atoms with Gasteiger partial charge in [-0.3, -0.25) is 4.90 Å². The average molecular weight is 318 g/mol. The lowest BCUT2D eigenvalue weighted by molar-refractivity contribution is 0.318. The smallest absolute Gasteiger partial charge is 0.122 e. The molecule has 1 fully saturated rings. The van der Waals surface area contributed by atoms with E-state index in [0.717, 1.165) is 19.6 Å². The maximum absolute atomic E-state index is 10.1. The molecule has 1 heterocycles. The molecule has 2 aromatic carbocycles. The van der Waals surface area contributed by atoms with Crippen molar-refractivity contribution in [3.63, 3.8) is 0 Å². The predicted octanol–water partition coefficient (Wildman–Crippen LogP) is 3.55. The normalized spacial score (nSPS) is 22.0. The zero-order valence-corrected chi connectivity index (χ0v) is 13.1. The number of rotatable bonds is 4. The van der Waals surface area contributed by atoms with Crippen molar-refractivity contribution in [2.75, 3.05) is 19.0 Å². The fourth-order valence-electron chi connectivity index (χ4n) is 3.34. The van der Waals surface area contributed by atoms with E-state index in [4.69, 9.17) is 11.6 Å². The number of phenolic OH excluding ortho intramolecular Hbond substituents is 2. The molecule has 4 heteroatoms. The third kappa shape index (κ3) is 3.06. The van der Waals surface area contributed by atoms with Gasteiger partial charge in [0.25, 0.3) is 0 Å². The van der Waals surface area contributed by atoms with Crippen LogP contribution in [0.5, 0.6) is 11.5 Å². The van der Waals surface area contributed by atoms with E-state index in [1.807, 2.05) is 18.2 Å². The Bertz CT molecular complexity index is 612. The van der Waals surface area contributed by atoms with Gasteiger partial charge in [-0.2, -0.15) is 0 Å². The molecule has 1 aliphatic heterocycles. The van der Waals surface area contributed by atoms with Gasteiger partial charge in [0.05, 0.1) is 0 Å². The first-order valence-electron chi connectivity index (χ1n) is 7.52. The molecule has 2 aromatic rings. The van der Waals surface area contributed by atoms with Crippen LogP contribution in [-0.4, -0.2) is 34.1 Å². The first kappa shape index (κ1) is 15.2. The van der Waals surface area contributed by atoms with Gasteiger partial charge in [0.2, 0.25) is 0 Å². The highest BCUT2D eigenvalue weighted by molar-refractivity contribution is 6.18. The van der Waals surface area contributed by atoms with Crippen molar-refractivity contribution in [2.45, 2.75) is 12.5 Å². The van der Waals surface area contributed by atoms with Crippen molar-refractivity contribution in [1.82, 2.24) is 4.90 Å². The topological polar surface area (TPSA) is 43.7 Å². The molecule has 0 amide bonds. The van der Waals surface area contributed by atoms with Crippen LogP contribution in [0.2, 0.25) is 0 Å². The van der Waals surface area contributed by atoms with Crippen molar-refractivity contribution in [1.29, 1.82) is 0 Å². The van der Waals surface area contributed by atoms with E-state index in [2.05, 4.69) is 17.0 Å². The van der Waals surface area contributed by atoms with Crippen LogP contribution < -0.4 is 0 Å². The Hall–Kier alpha value is -1.71. The standard InChI is InChI=1S/C18H20ClNO2/c19-9-14-11-20(10-13-5-2-1-3-6-13)12-15(14)18-16(21)7-4-8-17(18)22/h1-8,14-15,21-22H,9-12H2/t14-,15-/m0/s1. The second-order valence-electron chi connectivity index (χ2n) is 5.91. The Balaban J connectivity index is 1.81. The van der Waals surface area contributed by atoms with Crippen LogP contribution in [0.1, 0.15) is 17.0 Å². The molecule has 3 rings (SSSR count). The van der Waals surface area contributed by atoms with Gasteiger partial charge in [0, 0.05) is 37.0 Å². The second kappa shape index (κ2) is 6.59. The number of phenols is 2. The highest BCUT2D eigenvalue weighted by atomic mass is 35.5. The van der Waals surface area contributed by atoms with Gasteiger partial charge in [0.15, 0.2) is 0 Å². The molecule has 0 radical (unpaired) electrons. The minimum absolute atomic E-state index is 0.0578. The summed E-state index contributed by atoms with van der Waals surface area (Å²) >= 11 is 6.14. The maximum atomic E-state index is 10.1. The van der Waals surface area contributed by atoms with Crippen LogP contribution in [0, 0.1) is 5.92 Å². The number of halogens is 1. The lowest BCUT2D eigenvalue weighted by Crippen LogP contribution is -2.20. The van der Waals surface area contributed by atoms with Crippen molar-refractivity contribution in [2.24, 2.45) is 5.92 Å². The summed E-state index contributed by atoms with van der Waals surface area (Å²) in [4.78, 5) is 2.33. The van der Waals surface area contributed by atoms with E-state index in [9.17, 15) is 10.2 Å². The summed E-state index contributed by atoms with van der Waals surface area (Å²) in [7, 11) is 0. The average Bonchev–Trinajstić information content (AvgIpc) is 2.91. The van der Waals surface area contributed by atoms with E-state index in [-0.39, 0.29) is 23.3 Å². The predicted molar refractivity (Wildman–Crippen MR) is 88.4 cm³/mol. The van der Waals surface area contributed by atoms with E-state index in [0.29, 0.717) is 11.4 Å². The molecule has 1 saturated heterocycles. The highest BCUT2D eigenvalue weighted by Gasteiger charge is 2.36. The second-order valence-corrected chi connectivity index (χ2v) is 6.22. The van der Waals surface area contributed by atoms with E-state index in [1.165, 1.54) is 5.56 Å². The van der Waals surface area contributed by atoms with Gasteiger partial charge in [-0.05, 0) is 23.6 Å². The summed E-state index contributed by atoms with van der Waals surface area (Å²) in [5.41, 5.74) is 1.89. The largest absolute Gasteiger partial charge is 0.508 e. The number of likely N-dealkylation sites (tertiary alicyclic amines) is 1. The number of nitrogens with zero attached hydrogens (tertiary/aromatic N) is 1. The SMILES string of the molecule is Oc1cccc(O)c1[C@H]1CN(Cc2ccccc2)C[C@@H]1CCl. The Labute approximate surface area is 135 Å². The fraction of sp³-hybridized carbons (Fsp3) is 0.333. The quantitative estimate of drug-likeness (QED) is 0.848. The molecule has 0 spiro atoms. The third-order valence-electron chi connectivity index (χ3n) is 4.39. The zero-order valence-electron chi connectivity index (χ0n) is 12.3. The number of benzene rings is 2. The molecule has 3 nitrogen and oxygen atoms in total. The zero-order chi connectivity index (χ0) is 15.5. The highest BCUT2D eigenvalue weighted by Crippen LogP contribution is 2.42. The Morgan fingerprint density at radius 3 is 2.27 bits per heavy atom. The minimum Gasteiger partial charge on any atom is -0.508 e. The van der Waals surface area contributed by atoms with Crippen LogP contribution in [0.15, 0.2) is 48.5 Å². The lowest BCUT2D eigenvalue weighted by Gasteiger charge is -2.19. The molecule has 0 bridgehead atoms. The summed E-state index contributed by atoms with van der Waals surface area (Å²) in [5.74, 6) is 1.11. The van der Waals surface area contributed by atoms with Gasteiger partial charge in [-0.25, -0.2) is 0 Å². The molecule has 2 atom stereocenters. The monoisotopic (exact) mass is 317 g/mol. The molecule has 1 aliphatic rings. The third-order valence-corrected chi connectivity index (χ3v) is 4.79.